The first-order chi connectivity index (χ1) is 19.7. The van der Waals surface area contributed by atoms with Crippen LogP contribution in [0.1, 0.15) is 52.6 Å². The van der Waals surface area contributed by atoms with Crippen LogP contribution in [0.15, 0.2) is 84.9 Å². The zero-order valence-electron chi connectivity index (χ0n) is 21.2. The minimum Gasteiger partial charge on any atom is -0.478 e. The molecular weight excluding hydrogens is 524 g/mol. The fraction of sp³-hybridized carbons (Fsp3) is 0. The van der Waals surface area contributed by atoms with Crippen molar-refractivity contribution < 1.29 is 34.1 Å². The number of hydrogen-bond acceptors (Lipinski definition) is 5. The molecule has 0 spiro atoms. The number of benzene rings is 4. The van der Waals surface area contributed by atoms with Crippen molar-refractivity contribution in [2.24, 2.45) is 0 Å². The van der Waals surface area contributed by atoms with Crippen LogP contribution >= 0.6 is 0 Å². The smallest absolute Gasteiger partial charge is 0.336 e. The number of anilines is 2. The average Bonchev–Trinajstić information content (AvgIpc) is 2.98. The highest BCUT2D eigenvalue weighted by atomic mass is 16.5. The van der Waals surface area contributed by atoms with Crippen molar-refractivity contribution in [2.45, 2.75) is 0 Å². The van der Waals surface area contributed by atoms with E-state index in [0.29, 0.717) is 34.0 Å². The van der Waals surface area contributed by atoms with Crippen LogP contribution in [0.5, 0.6) is 11.5 Å². The van der Waals surface area contributed by atoms with E-state index >= 15 is 0 Å². The first kappa shape index (κ1) is 27.7. The highest BCUT2D eigenvalue weighted by molar-refractivity contribution is 6.11. The van der Waals surface area contributed by atoms with Crippen LogP contribution in [0.2, 0.25) is 0 Å². The van der Waals surface area contributed by atoms with Crippen molar-refractivity contribution >= 4 is 35.1 Å². The molecule has 4 aromatic rings. The number of rotatable bonds is 8. The number of carbonyl (C=O) groups excluding carboxylic acids is 2. The van der Waals surface area contributed by atoms with E-state index in [4.69, 9.17) is 17.6 Å². The second-order valence-corrected chi connectivity index (χ2v) is 8.48. The normalized spacial score (nSPS) is 10.0. The first-order valence-electron chi connectivity index (χ1n) is 11.9. The summed E-state index contributed by atoms with van der Waals surface area (Å²) in [6, 6.07) is 21.0. The third-order valence-electron chi connectivity index (χ3n) is 5.78. The van der Waals surface area contributed by atoms with Crippen molar-refractivity contribution in [3.8, 4) is 36.2 Å². The highest BCUT2D eigenvalue weighted by Gasteiger charge is 2.18. The summed E-state index contributed by atoms with van der Waals surface area (Å²) < 4.78 is 5.80. The number of carbonyl (C=O) groups is 4. The number of ether oxygens (including phenoxy) is 1. The topological polar surface area (TPSA) is 142 Å². The average molecular weight is 545 g/mol. The largest absolute Gasteiger partial charge is 0.478 e. The van der Waals surface area contributed by atoms with Gasteiger partial charge in [0.15, 0.2) is 0 Å². The summed E-state index contributed by atoms with van der Waals surface area (Å²) in [5, 5.41) is 24.1. The second-order valence-electron chi connectivity index (χ2n) is 8.48. The molecule has 0 fully saturated rings. The van der Waals surface area contributed by atoms with Gasteiger partial charge < -0.3 is 25.6 Å². The molecular formula is C32H20N2O7. The van der Waals surface area contributed by atoms with Crippen molar-refractivity contribution in [1.29, 1.82) is 0 Å². The van der Waals surface area contributed by atoms with Crippen LogP contribution in [0, 0.1) is 24.7 Å². The Labute approximate surface area is 234 Å². The molecule has 0 unspecified atom stereocenters. The van der Waals surface area contributed by atoms with E-state index in [9.17, 15) is 29.4 Å². The summed E-state index contributed by atoms with van der Waals surface area (Å²) in [7, 11) is 0. The predicted molar refractivity (Wildman–Crippen MR) is 152 cm³/mol. The number of carboxylic acids is 2. The molecule has 4 N–H and O–H groups in total. The van der Waals surface area contributed by atoms with E-state index in [1.54, 1.807) is 48.5 Å². The van der Waals surface area contributed by atoms with Crippen molar-refractivity contribution in [1.82, 2.24) is 0 Å². The van der Waals surface area contributed by atoms with Gasteiger partial charge in [-0.15, -0.1) is 12.8 Å². The van der Waals surface area contributed by atoms with E-state index in [-0.39, 0.29) is 22.3 Å². The van der Waals surface area contributed by atoms with Gasteiger partial charge in [0.05, 0.1) is 22.3 Å². The summed E-state index contributed by atoms with van der Waals surface area (Å²) in [6.07, 6.45) is 10.6. The maximum absolute atomic E-state index is 12.7. The molecule has 4 rings (SSSR count). The molecule has 0 saturated heterocycles. The summed E-state index contributed by atoms with van der Waals surface area (Å²) in [6.45, 7) is 0. The molecule has 0 aromatic heterocycles. The monoisotopic (exact) mass is 544 g/mol. The number of aromatic carboxylic acids is 2. The standard InChI is InChI=1S/C32H20N2O7/c1-3-19-5-15-25(27(17-19)31(37)38)29(35)33-21-7-11-23(12-8-21)41-24-13-9-22(10-14-24)34-30(36)26-16-6-20(4-2)18-28(26)32(39)40/h1-2,5-18H,(H,33,35)(H,34,36)(H,37,38)(H,39,40). The SMILES string of the molecule is C#Cc1ccc(C(=O)Nc2ccc(Oc3ccc(NC(=O)c4ccc(C#C)cc4C(=O)O)cc3)cc2)c(C(=O)O)c1. The minimum atomic E-state index is -1.27. The van der Waals surface area contributed by atoms with Crippen LogP contribution in [0.25, 0.3) is 0 Å². The first-order valence-corrected chi connectivity index (χ1v) is 11.9. The van der Waals surface area contributed by atoms with E-state index in [1.807, 2.05) is 0 Å². The predicted octanol–water partition coefficient (Wildman–Crippen LogP) is 5.34. The Kier molecular flexibility index (Phi) is 8.13. The van der Waals surface area contributed by atoms with E-state index < -0.39 is 23.8 Å². The molecule has 0 bridgehead atoms. The number of nitrogens with one attached hydrogen (secondary N) is 2. The van der Waals surface area contributed by atoms with Gasteiger partial charge in [0.1, 0.15) is 11.5 Å². The molecule has 200 valence electrons. The van der Waals surface area contributed by atoms with Crippen molar-refractivity contribution in [3.05, 3.63) is 118 Å². The molecule has 0 heterocycles. The maximum Gasteiger partial charge on any atom is 0.336 e. The van der Waals surface area contributed by atoms with Gasteiger partial charge in [-0.2, -0.15) is 0 Å². The lowest BCUT2D eigenvalue weighted by Crippen LogP contribution is -2.16. The summed E-state index contributed by atoms with van der Waals surface area (Å²) in [5.41, 5.74) is 1.03. The number of carboxylic acid groups (broad SMARTS) is 2. The Bertz CT molecular complexity index is 1630. The van der Waals surface area contributed by atoms with Crippen LogP contribution in [-0.4, -0.2) is 34.0 Å². The lowest BCUT2D eigenvalue weighted by molar-refractivity contribution is 0.0683. The maximum atomic E-state index is 12.7. The molecule has 0 saturated carbocycles. The number of terminal acetylenes is 2. The Morgan fingerprint density at radius 3 is 1.24 bits per heavy atom. The van der Waals surface area contributed by atoms with Gasteiger partial charge in [0, 0.05) is 22.5 Å². The molecule has 9 heteroatoms. The van der Waals surface area contributed by atoms with Gasteiger partial charge in [-0.3, -0.25) is 9.59 Å². The summed E-state index contributed by atoms with van der Waals surface area (Å²) in [4.78, 5) is 48.4. The molecule has 0 radical (unpaired) electrons. The van der Waals surface area contributed by atoms with Gasteiger partial charge in [-0.25, -0.2) is 9.59 Å². The number of hydrogen-bond donors (Lipinski definition) is 4. The van der Waals surface area contributed by atoms with Gasteiger partial charge in [-0.1, -0.05) is 11.8 Å². The Balaban J connectivity index is 1.39. The van der Waals surface area contributed by atoms with E-state index in [1.165, 1.54) is 36.4 Å². The molecule has 2 amide bonds. The molecule has 0 aliphatic rings. The van der Waals surface area contributed by atoms with E-state index in [0.717, 1.165) is 0 Å². The molecule has 41 heavy (non-hydrogen) atoms. The Morgan fingerprint density at radius 2 is 0.927 bits per heavy atom. The number of amides is 2. The minimum absolute atomic E-state index is 0.0345. The third-order valence-corrected chi connectivity index (χ3v) is 5.78. The van der Waals surface area contributed by atoms with Gasteiger partial charge in [0.25, 0.3) is 11.8 Å². The molecule has 4 aromatic carbocycles. The second kappa shape index (κ2) is 12.0. The van der Waals surface area contributed by atoms with Gasteiger partial charge in [0.2, 0.25) is 0 Å². The zero-order valence-corrected chi connectivity index (χ0v) is 21.2. The van der Waals surface area contributed by atoms with E-state index in [2.05, 4.69) is 22.5 Å². The molecule has 0 aliphatic carbocycles. The van der Waals surface area contributed by atoms with Gasteiger partial charge in [-0.05, 0) is 84.9 Å². The Hall–Kier alpha value is -6.32. The highest BCUT2D eigenvalue weighted by Crippen LogP contribution is 2.25. The molecule has 0 aliphatic heterocycles. The van der Waals surface area contributed by atoms with Crippen LogP contribution in [-0.2, 0) is 0 Å². The van der Waals surface area contributed by atoms with Crippen molar-refractivity contribution in [3.63, 3.8) is 0 Å². The lowest BCUT2D eigenvalue weighted by Gasteiger charge is -2.11. The van der Waals surface area contributed by atoms with Crippen molar-refractivity contribution in [2.75, 3.05) is 10.6 Å². The fourth-order valence-electron chi connectivity index (χ4n) is 3.76. The van der Waals surface area contributed by atoms with Crippen LogP contribution in [0.3, 0.4) is 0 Å². The Morgan fingerprint density at radius 1 is 0.561 bits per heavy atom. The lowest BCUT2D eigenvalue weighted by atomic mass is 10.0. The molecule has 0 atom stereocenters. The summed E-state index contributed by atoms with van der Waals surface area (Å²) >= 11 is 0. The van der Waals surface area contributed by atoms with Gasteiger partial charge >= 0.3 is 11.9 Å². The zero-order chi connectivity index (χ0) is 29.5. The quantitative estimate of drug-likeness (QED) is 0.219. The van der Waals surface area contributed by atoms with Crippen LogP contribution < -0.4 is 15.4 Å². The van der Waals surface area contributed by atoms with Crippen LogP contribution in [0.4, 0.5) is 11.4 Å². The fourth-order valence-corrected chi connectivity index (χ4v) is 3.76. The third kappa shape index (κ3) is 6.58. The molecule has 9 nitrogen and oxygen atoms in total. The summed E-state index contributed by atoms with van der Waals surface area (Å²) in [5.74, 6) is 1.81.